The van der Waals surface area contributed by atoms with Crippen molar-refractivity contribution in [3.8, 4) is 17.0 Å². The first-order valence-corrected chi connectivity index (χ1v) is 14.6. The van der Waals surface area contributed by atoms with E-state index in [1.807, 2.05) is 0 Å². The molecule has 14 heteroatoms. The summed E-state index contributed by atoms with van der Waals surface area (Å²) in [6, 6.07) is 9.97. The van der Waals surface area contributed by atoms with E-state index in [4.69, 9.17) is 10.5 Å². The minimum Gasteiger partial charge on any atom is -0.489 e. The van der Waals surface area contributed by atoms with Crippen molar-refractivity contribution in [3.05, 3.63) is 82.9 Å². The lowest BCUT2D eigenvalue weighted by Crippen LogP contribution is -2.51. The number of hydrogen-bond acceptors (Lipinski definition) is 7. The van der Waals surface area contributed by atoms with Crippen molar-refractivity contribution >= 4 is 34.3 Å². The highest BCUT2D eigenvalue weighted by Gasteiger charge is 2.57. The number of aromatic nitrogens is 2. The van der Waals surface area contributed by atoms with E-state index in [1.165, 1.54) is 31.2 Å². The van der Waals surface area contributed by atoms with Crippen molar-refractivity contribution in [1.82, 2.24) is 15.3 Å². The van der Waals surface area contributed by atoms with Crippen molar-refractivity contribution in [2.24, 2.45) is 11.7 Å². The summed E-state index contributed by atoms with van der Waals surface area (Å²) in [7, 11) is 0. The average Bonchev–Trinajstić information content (AvgIpc) is 3.82. The van der Waals surface area contributed by atoms with E-state index >= 15 is 0 Å². The number of nitrogens with zero attached hydrogens (tertiary/aromatic N) is 2. The number of fused-ring (bicyclic) bond motifs is 2. The number of anilines is 1. The molecule has 1 saturated carbocycles. The second-order valence-electron chi connectivity index (χ2n) is 12.1. The molecule has 6 rings (SSSR count). The first-order valence-electron chi connectivity index (χ1n) is 14.6. The van der Waals surface area contributed by atoms with Gasteiger partial charge in [0.25, 0.3) is 5.91 Å². The molecular formula is C33H29F4N5O5. The molecule has 47 heavy (non-hydrogen) atoms. The predicted octanol–water partition coefficient (Wildman–Crippen LogP) is 4.41. The predicted molar refractivity (Wildman–Crippen MR) is 162 cm³/mol. The monoisotopic (exact) mass is 651 g/mol. The molecule has 2 aliphatic rings. The Kier molecular flexibility index (Phi) is 7.66. The number of halogens is 4. The van der Waals surface area contributed by atoms with Crippen molar-refractivity contribution in [2.75, 3.05) is 18.5 Å². The van der Waals surface area contributed by atoms with Gasteiger partial charge in [-0.2, -0.15) is 13.2 Å². The van der Waals surface area contributed by atoms with E-state index in [0.29, 0.717) is 10.9 Å². The summed E-state index contributed by atoms with van der Waals surface area (Å²) in [5.74, 6) is -2.97. The molecule has 1 fully saturated rings. The normalized spacial score (nSPS) is 18.6. The first kappa shape index (κ1) is 31.9. The van der Waals surface area contributed by atoms with E-state index in [2.05, 4.69) is 20.6 Å². The number of nitrogens with one attached hydrogen (secondary N) is 2. The Hall–Kier alpha value is -5.11. The van der Waals surface area contributed by atoms with Crippen molar-refractivity contribution in [1.29, 1.82) is 0 Å². The van der Waals surface area contributed by atoms with Gasteiger partial charge in [-0.25, -0.2) is 9.37 Å². The van der Waals surface area contributed by atoms with E-state index in [1.54, 1.807) is 19.2 Å². The summed E-state index contributed by atoms with van der Waals surface area (Å²) in [6.45, 7) is 1.45. The Labute approximate surface area is 265 Å². The summed E-state index contributed by atoms with van der Waals surface area (Å²) in [6.07, 6.45) is -2.37. The minimum absolute atomic E-state index is 0.0453. The van der Waals surface area contributed by atoms with Gasteiger partial charge in [-0.05, 0) is 80.8 Å². The van der Waals surface area contributed by atoms with Crippen molar-refractivity contribution in [2.45, 2.75) is 43.9 Å². The lowest BCUT2D eigenvalue weighted by molar-refractivity contribution is -0.265. The van der Waals surface area contributed by atoms with E-state index < -0.39 is 47.1 Å². The third-order valence-corrected chi connectivity index (χ3v) is 8.52. The topological polar surface area (TPSA) is 157 Å². The molecule has 10 nitrogen and oxygen atoms in total. The summed E-state index contributed by atoms with van der Waals surface area (Å²) in [4.78, 5) is 46.9. The highest BCUT2D eigenvalue weighted by Crippen LogP contribution is 2.47. The maximum Gasteiger partial charge on any atom is 0.424 e. The second-order valence-corrected chi connectivity index (χ2v) is 12.1. The molecule has 0 spiro atoms. The van der Waals surface area contributed by atoms with Crippen LogP contribution in [0, 0.1) is 18.7 Å². The van der Waals surface area contributed by atoms with Gasteiger partial charge in [0, 0.05) is 34.2 Å². The van der Waals surface area contributed by atoms with Crippen LogP contribution in [-0.2, 0) is 20.6 Å². The molecule has 0 radical (unpaired) electrons. The molecule has 3 heterocycles. The Morgan fingerprint density at radius 1 is 1.11 bits per heavy atom. The number of carbonyl (C=O) groups excluding carboxylic acids is 3. The van der Waals surface area contributed by atoms with Gasteiger partial charge in [-0.1, -0.05) is 0 Å². The first-order chi connectivity index (χ1) is 22.1. The lowest BCUT2D eigenvalue weighted by atomic mass is 9.81. The SMILES string of the molecule is Cc1cnc2c(NC(=O)C3CC3)cc(C(=O)NCC(O)(c3cc4c(c(-c5ccc(F)cc5)n3)OC[C@]4(C)C(N)=O)C(F)(F)F)cc2c1. The molecule has 3 amide bonds. The van der Waals surface area contributed by atoms with Crippen LogP contribution in [0.25, 0.3) is 22.2 Å². The summed E-state index contributed by atoms with van der Waals surface area (Å²) in [5, 5.41) is 16.7. The van der Waals surface area contributed by atoms with Crippen LogP contribution < -0.4 is 21.1 Å². The summed E-state index contributed by atoms with van der Waals surface area (Å²) in [5.41, 5.74) is 0.459. The number of pyridine rings is 2. The molecule has 2 aromatic carbocycles. The maximum absolute atomic E-state index is 14.8. The number of ether oxygens (including phenoxy) is 1. The average molecular weight is 652 g/mol. The lowest BCUT2D eigenvalue weighted by Gasteiger charge is -2.31. The van der Waals surface area contributed by atoms with Gasteiger partial charge in [0.15, 0.2) is 0 Å². The zero-order chi connectivity index (χ0) is 33.9. The number of rotatable bonds is 8. The number of primary amides is 1. The molecule has 0 saturated heterocycles. The molecular weight excluding hydrogens is 622 g/mol. The smallest absolute Gasteiger partial charge is 0.424 e. The third-order valence-electron chi connectivity index (χ3n) is 8.52. The Bertz CT molecular complexity index is 1950. The van der Waals surface area contributed by atoms with Gasteiger partial charge in [0.2, 0.25) is 17.4 Å². The van der Waals surface area contributed by atoms with Crippen LogP contribution in [0.3, 0.4) is 0 Å². The van der Waals surface area contributed by atoms with Crippen LogP contribution >= 0.6 is 0 Å². The molecule has 244 valence electrons. The van der Waals surface area contributed by atoms with Gasteiger partial charge in [0.05, 0.1) is 23.4 Å². The third kappa shape index (κ3) is 5.73. The molecule has 2 atom stereocenters. The van der Waals surface area contributed by atoms with E-state index in [0.717, 1.165) is 36.6 Å². The fraction of sp³-hybridized carbons (Fsp3) is 0.303. The summed E-state index contributed by atoms with van der Waals surface area (Å²) >= 11 is 0. The molecule has 0 bridgehead atoms. The van der Waals surface area contributed by atoms with Gasteiger partial charge < -0.3 is 26.2 Å². The Morgan fingerprint density at radius 2 is 1.81 bits per heavy atom. The van der Waals surface area contributed by atoms with Crippen molar-refractivity contribution in [3.63, 3.8) is 0 Å². The van der Waals surface area contributed by atoms with E-state index in [-0.39, 0.29) is 52.3 Å². The molecule has 4 aromatic rings. The standard InChI is InChI=1S/C33H29F4N5O5/c1-16-9-19-10-20(11-23(25(19)39-13-16)41-29(44)18-3-4-18)28(43)40-14-32(46,33(35,36)37)24-12-22-27(47-15-31(22,2)30(38)45)26(42-24)17-5-7-21(34)8-6-17/h5-13,18,46H,3-4,14-15H2,1-2H3,(H2,38,45)(H,40,43)(H,41,44)/t31-,32?/m0/s1. The van der Waals surface area contributed by atoms with Gasteiger partial charge in [0.1, 0.15) is 29.3 Å². The van der Waals surface area contributed by atoms with Crippen LogP contribution in [0.1, 0.15) is 46.9 Å². The number of nitrogens with two attached hydrogens (primary N) is 1. The second kappa shape index (κ2) is 11.3. The van der Waals surface area contributed by atoms with E-state index in [9.17, 15) is 37.1 Å². The maximum atomic E-state index is 14.8. The number of amides is 3. The van der Waals surface area contributed by atoms with Crippen LogP contribution in [0.15, 0.2) is 54.7 Å². The number of benzene rings is 2. The molecule has 1 aliphatic carbocycles. The van der Waals surface area contributed by atoms with Crippen LogP contribution in [0.5, 0.6) is 5.75 Å². The zero-order valence-electron chi connectivity index (χ0n) is 25.2. The van der Waals surface area contributed by atoms with Gasteiger partial charge >= 0.3 is 6.18 Å². The number of alkyl halides is 3. The number of hydrogen-bond donors (Lipinski definition) is 4. The number of aryl methyl sites for hydroxylation is 1. The molecule has 1 unspecified atom stereocenters. The summed E-state index contributed by atoms with van der Waals surface area (Å²) < 4.78 is 63.8. The van der Waals surface area contributed by atoms with Crippen molar-refractivity contribution < 1.29 is 41.8 Å². The highest BCUT2D eigenvalue weighted by atomic mass is 19.4. The molecule has 1 aliphatic heterocycles. The number of aliphatic hydroxyl groups is 1. The number of carbonyl (C=O) groups is 3. The Balaban J connectivity index is 1.40. The fourth-order valence-electron chi connectivity index (χ4n) is 5.42. The molecule has 2 aromatic heterocycles. The van der Waals surface area contributed by atoms with Crippen LogP contribution in [0.2, 0.25) is 0 Å². The quantitative estimate of drug-likeness (QED) is 0.206. The zero-order valence-corrected chi connectivity index (χ0v) is 25.2. The van der Waals surface area contributed by atoms with Gasteiger partial charge in [-0.15, -0.1) is 0 Å². The van der Waals surface area contributed by atoms with Gasteiger partial charge in [-0.3, -0.25) is 19.4 Å². The fourth-order valence-corrected chi connectivity index (χ4v) is 5.42. The highest BCUT2D eigenvalue weighted by molar-refractivity contribution is 6.06. The van der Waals surface area contributed by atoms with Crippen LogP contribution in [0.4, 0.5) is 23.2 Å². The molecule has 5 N–H and O–H groups in total. The minimum atomic E-state index is -5.39. The Morgan fingerprint density at radius 3 is 2.45 bits per heavy atom. The largest absolute Gasteiger partial charge is 0.489 e. The van der Waals surface area contributed by atoms with Crippen LogP contribution in [-0.4, -0.2) is 52.1 Å².